The van der Waals surface area contributed by atoms with E-state index in [4.69, 9.17) is 5.11 Å². The predicted octanol–water partition coefficient (Wildman–Crippen LogP) is 0.956. The lowest BCUT2D eigenvalue weighted by atomic mass is 9.99. The van der Waals surface area contributed by atoms with Gasteiger partial charge in [-0.15, -0.1) is 0 Å². The lowest BCUT2D eigenvalue weighted by Crippen LogP contribution is -2.42. The Morgan fingerprint density at radius 3 is 2.47 bits per heavy atom. The van der Waals surface area contributed by atoms with Crippen LogP contribution in [-0.2, 0) is 4.79 Å². The first-order valence-electron chi connectivity index (χ1n) is 5.34. The third-order valence-corrected chi connectivity index (χ3v) is 2.94. The van der Waals surface area contributed by atoms with Gasteiger partial charge < -0.3 is 14.9 Å². The van der Waals surface area contributed by atoms with Crippen LogP contribution in [0.15, 0.2) is 0 Å². The van der Waals surface area contributed by atoms with Crippen LogP contribution in [-0.4, -0.2) is 60.0 Å². The molecule has 1 fully saturated rings. The number of carboxylic acid groups (broad SMARTS) is 1. The standard InChI is InChI=1S/C10H16F2N2O3/c1-6-3-14(4-7(6)9(15)16)10(17)13(2)5-8(11)12/h6-8H,3-5H2,1-2H3,(H,15,16)/t6-,7-/m1/s1. The van der Waals surface area contributed by atoms with Crippen molar-refractivity contribution in [2.24, 2.45) is 11.8 Å². The molecule has 0 aromatic rings. The summed E-state index contributed by atoms with van der Waals surface area (Å²) < 4.78 is 24.2. The molecule has 2 atom stereocenters. The number of hydrogen-bond acceptors (Lipinski definition) is 2. The second kappa shape index (κ2) is 5.29. The van der Waals surface area contributed by atoms with Crippen molar-refractivity contribution >= 4 is 12.0 Å². The Morgan fingerprint density at radius 1 is 1.47 bits per heavy atom. The molecule has 0 aromatic heterocycles. The van der Waals surface area contributed by atoms with Gasteiger partial charge >= 0.3 is 12.0 Å². The number of amides is 2. The zero-order valence-corrected chi connectivity index (χ0v) is 9.77. The van der Waals surface area contributed by atoms with Gasteiger partial charge in [0.1, 0.15) is 0 Å². The van der Waals surface area contributed by atoms with Crippen LogP contribution in [0.2, 0.25) is 0 Å². The summed E-state index contributed by atoms with van der Waals surface area (Å²) >= 11 is 0. The molecule has 0 unspecified atom stereocenters. The van der Waals surface area contributed by atoms with E-state index in [1.165, 1.54) is 11.9 Å². The zero-order valence-electron chi connectivity index (χ0n) is 9.77. The fourth-order valence-corrected chi connectivity index (χ4v) is 1.97. The molecular formula is C10H16F2N2O3. The second-order valence-electron chi connectivity index (χ2n) is 4.38. The highest BCUT2D eigenvalue weighted by Gasteiger charge is 2.38. The molecule has 98 valence electrons. The van der Waals surface area contributed by atoms with E-state index in [0.29, 0.717) is 6.54 Å². The largest absolute Gasteiger partial charge is 0.481 e. The summed E-state index contributed by atoms with van der Waals surface area (Å²) in [4.78, 5) is 24.8. The minimum absolute atomic E-state index is 0.0862. The van der Waals surface area contributed by atoms with E-state index >= 15 is 0 Å². The number of rotatable bonds is 3. The zero-order chi connectivity index (χ0) is 13.2. The van der Waals surface area contributed by atoms with Crippen LogP contribution in [0.1, 0.15) is 6.92 Å². The van der Waals surface area contributed by atoms with Crippen LogP contribution >= 0.6 is 0 Å². The Balaban J connectivity index is 2.58. The number of alkyl halides is 2. The molecule has 1 aliphatic rings. The van der Waals surface area contributed by atoms with Gasteiger partial charge in [-0.1, -0.05) is 6.92 Å². The maximum absolute atomic E-state index is 12.1. The molecule has 0 bridgehead atoms. The molecule has 5 nitrogen and oxygen atoms in total. The van der Waals surface area contributed by atoms with Crippen molar-refractivity contribution in [3.63, 3.8) is 0 Å². The average molecular weight is 250 g/mol. The Hall–Kier alpha value is -1.40. The highest BCUT2D eigenvalue weighted by molar-refractivity contribution is 5.77. The van der Waals surface area contributed by atoms with Crippen LogP contribution in [0.4, 0.5) is 13.6 Å². The molecule has 0 saturated carbocycles. The third kappa shape index (κ3) is 3.28. The van der Waals surface area contributed by atoms with Crippen LogP contribution < -0.4 is 0 Å². The summed E-state index contributed by atoms with van der Waals surface area (Å²) in [5.41, 5.74) is 0. The molecule has 1 heterocycles. The van der Waals surface area contributed by atoms with Crippen molar-refractivity contribution in [2.75, 3.05) is 26.7 Å². The number of carbonyl (C=O) groups is 2. The Morgan fingerprint density at radius 2 is 2.06 bits per heavy atom. The van der Waals surface area contributed by atoms with Gasteiger partial charge in [-0.3, -0.25) is 4.79 Å². The number of hydrogen-bond donors (Lipinski definition) is 1. The maximum atomic E-state index is 12.1. The van der Waals surface area contributed by atoms with Crippen molar-refractivity contribution in [2.45, 2.75) is 13.3 Å². The monoisotopic (exact) mass is 250 g/mol. The Bertz CT molecular complexity index is 312. The molecule has 7 heteroatoms. The van der Waals surface area contributed by atoms with Crippen molar-refractivity contribution < 1.29 is 23.5 Å². The molecular weight excluding hydrogens is 234 g/mol. The highest BCUT2D eigenvalue weighted by Crippen LogP contribution is 2.23. The van der Waals surface area contributed by atoms with Crippen molar-refractivity contribution in [1.29, 1.82) is 0 Å². The number of carbonyl (C=O) groups excluding carboxylic acids is 1. The van der Waals surface area contributed by atoms with E-state index in [2.05, 4.69) is 0 Å². The molecule has 0 spiro atoms. The minimum Gasteiger partial charge on any atom is -0.481 e. The first kappa shape index (κ1) is 13.7. The summed E-state index contributed by atoms with van der Waals surface area (Å²) in [6.45, 7) is 1.48. The number of aliphatic carboxylic acids is 1. The number of urea groups is 1. The molecule has 2 amide bonds. The van der Waals surface area contributed by atoms with Gasteiger partial charge in [0.25, 0.3) is 6.43 Å². The van der Waals surface area contributed by atoms with E-state index in [9.17, 15) is 18.4 Å². The first-order valence-corrected chi connectivity index (χ1v) is 5.34. The van der Waals surface area contributed by atoms with Crippen LogP contribution in [0.3, 0.4) is 0 Å². The number of halogens is 2. The quantitative estimate of drug-likeness (QED) is 0.811. The summed E-state index contributed by atoms with van der Waals surface area (Å²) in [6, 6.07) is -0.541. The minimum atomic E-state index is -2.58. The highest BCUT2D eigenvalue weighted by atomic mass is 19.3. The lowest BCUT2D eigenvalue weighted by molar-refractivity contribution is -0.142. The molecule has 1 rings (SSSR count). The Labute approximate surface area is 98.0 Å². The van der Waals surface area contributed by atoms with E-state index in [0.717, 1.165) is 4.90 Å². The number of likely N-dealkylation sites (tertiary alicyclic amines) is 1. The van der Waals surface area contributed by atoms with Gasteiger partial charge in [-0.2, -0.15) is 0 Å². The van der Waals surface area contributed by atoms with Crippen molar-refractivity contribution in [1.82, 2.24) is 9.80 Å². The SMILES string of the molecule is C[C@@H]1CN(C(=O)N(C)CC(F)F)C[C@H]1C(=O)O. The van der Waals surface area contributed by atoms with E-state index in [1.54, 1.807) is 6.92 Å². The van der Waals surface area contributed by atoms with Gasteiger partial charge in [0.2, 0.25) is 0 Å². The number of carboxylic acids is 1. The van der Waals surface area contributed by atoms with Gasteiger partial charge in [0, 0.05) is 20.1 Å². The molecule has 1 N–H and O–H groups in total. The molecule has 0 aromatic carbocycles. The fourth-order valence-electron chi connectivity index (χ4n) is 1.97. The molecule has 0 radical (unpaired) electrons. The van der Waals surface area contributed by atoms with E-state index < -0.39 is 30.9 Å². The van der Waals surface area contributed by atoms with Crippen LogP contribution in [0, 0.1) is 11.8 Å². The van der Waals surface area contributed by atoms with Crippen molar-refractivity contribution in [3.8, 4) is 0 Å². The second-order valence-corrected chi connectivity index (χ2v) is 4.38. The third-order valence-electron chi connectivity index (χ3n) is 2.94. The molecule has 0 aliphatic carbocycles. The fraction of sp³-hybridized carbons (Fsp3) is 0.800. The van der Waals surface area contributed by atoms with Crippen LogP contribution in [0.25, 0.3) is 0 Å². The summed E-state index contributed by atoms with van der Waals surface area (Å²) in [5, 5.41) is 8.90. The molecule has 1 aliphatic heterocycles. The molecule has 1 saturated heterocycles. The molecule has 17 heavy (non-hydrogen) atoms. The van der Waals surface area contributed by atoms with Crippen molar-refractivity contribution in [3.05, 3.63) is 0 Å². The smallest absolute Gasteiger partial charge is 0.319 e. The lowest BCUT2D eigenvalue weighted by Gasteiger charge is -2.24. The maximum Gasteiger partial charge on any atom is 0.319 e. The normalized spacial score (nSPS) is 24.2. The first-order chi connectivity index (χ1) is 7.82. The summed E-state index contributed by atoms with van der Waals surface area (Å²) in [7, 11) is 1.28. The van der Waals surface area contributed by atoms with Gasteiger partial charge in [0.05, 0.1) is 12.5 Å². The topological polar surface area (TPSA) is 60.9 Å². The van der Waals surface area contributed by atoms with Crippen LogP contribution in [0.5, 0.6) is 0 Å². The van der Waals surface area contributed by atoms with Gasteiger partial charge in [0.15, 0.2) is 0 Å². The van der Waals surface area contributed by atoms with E-state index in [1.807, 2.05) is 0 Å². The predicted molar refractivity (Wildman–Crippen MR) is 55.9 cm³/mol. The summed E-state index contributed by atoms with van der Waals surface area (Å²) in [6.07, 6.45) is -2.58. The Kier molecular flexibility index (Phi) is 4.25. The van der Waals surface area contributed by atoms with Gasteiger partial charge in [-0.05, 0) is 5.92 Å². The number of nitrogens with zero attached hydrogens (tertiary/aromatic N) is 2. The average Bonchev–Trinajstić information content (AvgIpc) is 2.58. The summed E-state index contributed by atoms with van der Waals surface area (Å²) in [5.74, 6) is -1.72. The van der Waals surface area contributed by atoms with E-state index in [-0.39, 0.29) is 12.5 Å². The van der Waals surface area contributed by atoms with Gasteiger partial charge in [-0.25, -0.2) is 13.6 Å².